The Morgan fingerprint density at radius 2 is 2.00 bits per heavy atom. The van der Waals surface area contributed by atoms with Crippen LogP contribution in [0, 0.1) is 0 Å². The van der Waals surface area contributed by atoms with Gasteiger partial charge in [0.15, 0.2) is 0 Å². The van der Waals surface area contributed by atoms with Crippen LogP contribution >= 0.6 is 0 Å². The van der Waals surface area contributed by atoms with Gasteiger partial charge in [-0.3, -0.25) is 0 Å². The molecule has 0 bridgehead atoms. The first-order valence-corrected chi connectivity index (χ1v) is 5.52. The minimum absolute atomic E-state index is 0.269. The van der Waals surface area contributed by atoms with E-state index in [1.807, 2.05) is 30.3 Å². The van der Waals surface area contributed by atoms with E-state index in [4.69, 9.17) is 0 Å². The SMILES string of the molecule is O=C(O)c1cc(-c2ccc[nH]2)nc2ccccc12. The van der Waals surface area contributed by atoms with Crippen molar-refractivity contribution in [3.05, 3.63) is 54.2 Å². The second-order valence-corrected chi connectivity index (χ2v) is 3.96. The van der Waals surface area contributed by atoms with Crippen molar-refractivity contribution in [3.63, 3.8) is 0 Å². The lowest BCUT2D eigenvalue weighted by Crippen LogP contribution is -2.00. The minimum atomic E-state index is -0.943. The zero-order valence-corrected chi connectivity index (χ0v) is 9.42. The molecule has 2 heterocycles. The molecule has 0 aliphatic heterocycles. The fourth-order valence-electron chi connectivity index (χ4n) is 1.98. The Morgan fingerprint density at radius 3 is 2.72 bits per heavy atom. The number of nitrogens with zero attached hydrogens (tertiary/aromatic N) is 1. The summed E-state index contributed by atoms with van der Waals surface area (Å²) in [5.74, 6) is -0.943. The van der Waals surface area contributed by atoms with Crippen molar-refractivity contribution in [1.82, 2.24) is 9.97 Å². The van der Waals surface area contributed by atoms with Crippen molar-refractivity contribution in [2.24, 2.45) is 0 Å². The maximum absolute atomic E-state index is 11.3. The Hall–Kier alpha value is -2.62. The first-order chi connectivity index (χ1) is 8.75. The molecule has 0 atom stereocenters. The summed E-state index contributed by atoms with van der Waals surface area (Å²) in [5.41, 5.74) is 2.39. The van der Waals surface area contributed by atoms with E-state index in [1.165, 1.54) is 0 Å². The normalized spacial score (nSPS) is 10.7. The lowest BCUT2D eigenvalue weighted by molar-refractivity contribution is 0.0699. The largest absolute Gasteiger partial charge is 0.478 e. The van der Waals surface area contributed by atoms with Gasteiger partial charge in [0.1, 0.15) is 0 Å². The van der Waals surface area contributed by atoms with Gasteiger partial charge in [-0.25, -0.2) is 9.78 Å². The van der Waals surface area contributed by atoms with Gasteiger partial charge in [0.05, 0.1) is 22.5 Å². The van der Waals surface area contributed by atoms with Crippen molar-refractivity contribution in [2.75, 3.05) is 0 Å². The molecule has 88 valence electrons. The van der Waals surface area contributed by atoms with Crippen LogP contribution in [0.4, 0.5) is 0 Å². The molecule has 3 rings (SSSR count). The number of carboxylic acid groups (broad SMARTS) is 1. The summed E-state index contributed by atoms with van der Waals surface area (Å²) in [7, 11) is 0. The van der Waals surface area contributed by atoms with Crippen molar-refractivity contribution in [1.29, 1.82) is 0 Å². The summed E-state index contributed by atoms with van der Waals surface area (Å²) >= 11 is 0. The molecule has 1 aromatic carbocycles. The Morgan fingerprint density at radius 1 is 1.17 bits per heavy atom. The standard InChI is InChI=1S/C14H10N2O2/c17-14(18)10-8-13(12-6-3-7-15-12)16-11-5-2-1-4-9(10)11/h1-8,15H,(H,17,18). The third-order valence-corrected chi connectivity index (χ3v) is 2.82. The number of nitrogens with one attached hydrogen (secondary N) is 1. The van der Waals surface area contributed by atoms with Gasteiger partial charge < -0.3 is 10.1 Å². The van der Waals surface area contributed by atoms with Crippen LogP contribution in [0.3, 0.4) is 0 Å². The first-order valence-electron chi connectivity index (χ1n) is 5.52. The number of aromatic nitrogens is 2. The quantitative estimate of drug-likeness (QED) is 0.721. The molecule has 0 saturated heterocycles. The minimum Gasteiger partial charge on any atom is -0.478 e. The summed E-state index contributed by atoms with van der Waals surface area (Å²) in [5, 5.41) is 9.92. The number of H-pyrrole nitrogens is 1. The monoisotopic (exact) mass is 238 g/mol. The number of benzene rings is 1. The Bertz CT molecular complexity index is 718. The zero-order valence-electron chi connectivity index (χ0n) is 9.42. The molecule has 0 fully saturated rings. The number of hydrogen-bond acceptors (Lipinski definition) is 2. The van der Waals surface area contributed by atoms with E-state index in [0.717, 1.165) is 5.69 Å². The Labute approximate surface area is 103 Å². The van der Waals surface area contributed by atoms with E-state index in [-0.39, 0.29) is 5.56 Å². The molecule has 0 radical (unpaired) electrons. The van der Waals surface area contributed by atoms with Crippen molar-refractivity contribution >= 4 is 16.9 Å². The van der Waals surface area contributed by atoms with Crippen LogP contribution in [0.15, 0.2) is 48.7 Å². The second-order valence-electron chi connectivity index (χ2n) is 3.96. The van der Waals surface area contributed by atoms with Crippen LogP contribution in [0.5, 0.6) is 0 Å². The van der Waals surface area contributed by atoms with Crippen molar-refractivity contribution in [2.45, 2.75) is 0 Å². The highest BCUT2D eigenvalue weighted by Crippen LogP contribution is 2.23. The maximum Gasteiger partial charge on any atom is 0.336 e. The number of hydrogen-bond donors (Lipinski definition) is 2. The summed E-state index contributed by atoms with van der Waals surface area (Å²) in [6.45, 7) is 0. The fraction of sp³-hybridized carbons (Fsp3) is 0. The van der Waals surface area contributed by atoms with Gasteiger partial charge in [0.25, 0.3) is 0 Å². The van der Waals surface area contributed by atoms with Gasteiger partial charge in [-0.05, 0) is 24.3 Å². The molecular formula is C14H10N2O2. The number of carbonyl (C=O) groups is 1. The number of para-hydroxylation sites is 1. The molecule has 2 aromatic heterocycles. The highest BCUT2D eigenvalue weighted by Gasteiger charge is 2.12. The average molecular weight is 238 g/mol. The van der Waals surface area contributed by atoms with Gasteiger partial charge in [-0.15, -0.1) is 0 Å². The number of pyridine rings is 1. The van der Waals surface area contributed by atoms with Gasteiger partial charge in [-0.2, -0.15) is 0 Å². The third-order valence-electron chi connectivity index (χ3n) is 2.82. The molecule has 2 N–H and O–H groups in total. The van der Waals surface area contributed by atoms with Gasteiger partial charge in [-0.1, -0.05) is 18.2 Å². The van der Waals surface area contributed by atoms with Crippen LogP contribution < -0.4 is 0 Å². The van der Waals surface area contributed by atoms with Crippen LogP contribution in [0.25, 0.3) is 22.3 Å². The van der Waals surface area contributed by atoms with Crippen molar-refractivity contribution < 1.29 is 9.90 Å². The van der Waals surface area contributed by atoms with E-state index in [0.29, 0.717) is 16.6 Å². The number of aromatic amines is 1. The summed E-state index contributed by atoms with van der Waals surface area (Å²) in [6, 6.07) is 12.6. The van der Waals surface area contributed by atoms with Crippen LogP contribution in [-0.4, -0.2) is 21.0 Å². The van der Waals surface area contributed by atoms with E-state index in [1.54, 1.807) is 18.3 Å². The van der Waals surface area contributed by atoms with Crippen LogP contribution in [-0.2, 0) is 0 Å². The topological polar surface area (TPSA) is 66.0 Å². The molecular weight excluding hydrogens is 228 g/mol. The fourth-order valence-corrected chi connectivity index (χ4v) is 1.98. The Kier molecular flexibility index (Phi) is 2.34. The van der Waals surface area contributed by atoms with Gasteiger partial charge in [0.2, 0.25) is 0 Å². The first kappa shape index (κ1) is 10.5. The van der Waals surface area contributed by atoms with Crippen LogP contribution in [0.1, 0.15) is 10.4 Å². The highest BCUT2D eigenvalue weighted by atomic mass is 16.4. The lowest BCUT2D eigenvalue weighted by atomic mass is 10.1. The molecule has 0 aliphatic carbocycles. The van der Waals surface area contributed by atoms with Crippen molar-refractivity contribution in [3.8, 4) is 11.4 Å². The summed E-state index contributed by atoms with van der Waals surface area (Å²) in [4.78, 5) is 18.8. The third kappa shape index (κ3) is 1.64. The van der Waals surface area contributed by atoms with E-state index in [9.17, 15) is 9.90 Å². The molecule has 0 amide bonds. The van der Waals surface area contributed by atoms with Crippen LogP contribution in [0.2, 0.25) is 0 Å². The molecule has 0 saturated carbocycles. The summed E-state index contributed by atoms with van der Waals surface area (Å²) < 4.78 is 0. The molecule has 3 aromatic rings. The predicted octanol–water partition coefficient (Wildman–Crippen LogP) is 2.93. The smallest absolute Gasteiger partial charge is 0.336 e. The number of rotatable bonds is 2. The molecule has 4 heteroatoms. The lowest BCUT2D eigenvalue weighted by Gasteiger charge is -2.05. The molecule has 0 unspecified atom stereocenters. The van der Waals surface area contributed by atoms with Gasteiger partial charge in [0, 0.05) is 11.6 Å². The van der Waals surface area contributed by atoms with E-state index in [2.05, 4.69) is 9.97 Å². The molecule has 0 aliphatic rings. The summed E-state index contributed by atoms with van der Waals surface area (Å²) in [6.07, 6.45) is 1.78. The van der Waals surface area contributed by atoms with E-state index < -0.39 is 5.97 Å². The molecule has 0 spiro atoms. The molecule has 18 heavy (non-hydrogen) atoms. The average Bonchev–Trinajstić information content (AvgIpc) is 2.91. The predicted molar refractivity (Wildman–Crippen MR) is 68.5 cm³/mol. The highest BCUT2D eigenvalue weighted by molar-refractivity contribution is 6.03. The van der Waals surface area contributed by atoms with Gasteiger partial charge >= 0.3 is 5.97 Å². The number of fused-ring (bicyclic) bond motifs is 1. The maximum atomic E-state index is 11.3. The number of aromatic carboxylic acids is 1. The number of carboxylic acids is 1. The molecule has 4 nitrogen and oxygen atoms in total. The second kappa shape index (κ2) is 4.00. The van der Waals surface area contributed by atoms with E-state index >= 15 is 0 Å². The Balaban J connectivity index is 2.33. The zero-order chi connectivity index (χ0) is 12.5.